The van der Waals surface area contributed by atoms with Gasteiger partial charge >= 0.3 is 0 Å². The average molecular weight is 234 g/mol. The maximum absolute atomic E-state index is 11.5. The van der Waals surface area contributed by atoms with Crippen molar-refractivity contribution in [3.63, 3.8) is 0 Å². The lowest BCUT2D eigenvalue weighted by atomic mass is 9.72. The van der Waals surface area contributed by atoms with E-state index in [0.29, 0.717) is 17.7 Å². The molecule has 1 spiro atoms. The van der Waals surface area contributed by atoms with Gasteiger partial charge in [0.2, 0.25) is 5.91 Å². The lowest BCUT2D eigenvalue weighted by molar-refractivity contribution is -0.146. The monoisotopic (exact) mass is 234 g/mol. The predicted molar refractivity (Wildman–Crippen MR) is 68.4 cm³/mol. The average Bonchev–Trinajstić information content (AvgIpc) is 2.33. The van der Waals surface area contributed by atoms with Crippen molar-refractivity contribution < 1.29 is 4.79 Å². The normalized spacial score (nSPS) is 22.8. The van der Waals surface area contributed by atoms with Crippen LogP contribution in [0.15, 0.2) is 0 Å². The van der Waals surface area contributed by atoms with Crippen LogP contribution in [0.1, 0.15) is 33.1 Å². The molecule has 0 aromatic carbocycles. The number of carbonyl (C=O) groups excluding carboxylic acids is 1. The number of nitrogens with zero attached hydrogens (tertiary/aromatic N) is 2. The molecule has 2 rings (SSSR count). The van der Waals surface area contributed by atoms with Gasteiger partial charge in [0, 0.05) is 24.9 Å². The molecule has 17 heavy (non-hydrogen) atoms. The highest BCUT2D eigenvalue weighted by molar-refractivity contribution is 5.76. The predicted octanol–water partition coefficient (Wildman–Crippen LogP) is 1.34. The molecule has 0 saturated carbocycles. The Morgan fingerprint density at radius 1 is 1.29 bits per heavy atom. The minimum atomic E-state index is 0.315. The van der Waals surface area contributed by atoms with Gasteiger partial charge in [-0.3, -0.25) is 9.69 Å². The van der Waals surface area contributed by atoms with Gasteiger partial charge in [0.05, 0.1) is 6.54 Å². The molecule has 1 amide bonds. The van der Waals surface area contributed by atoms with Crippen LogP contribution in [0, 0.1) is 17.3 Å². The number of amides is 1. The molecule has 2 saturated heterocycles. The summed E-state index contributed by atoms with van der Waals surface area (Å²) >= 11 is 0. The van der Waals surface area contributed by atoms with E-state index in [-0.39, 0.29) is 0 Å². The molecule has 0 radical (unpaired) electrons. The van der Waals surface area contributed by atoms with Crippen molar-refractivity contribution in [1.29, 1.82) is 0 Å². The topological polar surface area (TPSA) is 23.6 Å². The van der Waals surface area contributed by atoms with E-state index >= 15 is 0 Å². The Morgan fingerprint density at radius 2 is 1.94 bits per heavy atom. The van der Waals surface area contributed by atoms with Gasteiger partial charge in [-0.25, -0.2) is 0 Å². The SMILES string of the molecule is CC#CCN1CCC2(CC1)CN(C(=O)CC)C2. The number of rotatable bonds is 2. The summed E-state index contributed by atoms with van der Waals surface area (Å²) in [5.74, 6) is 6.39. The highest BCUT2D eigenvalue weighted by atomic mass is 16.2. The van der Waals surface area contributed by atoms with Crippen LogP contribution < -0.4 is 0 Å². The van der Waals surface area contributed by atoms with Crippen molar-refractivity contribution in [2.75, 3.05) is 32.7 Å². The molecule has 2 aliphatic rings. The molecule has 94 valence electrons. The molecular formula is C14H22N2O. The highest BCUT2D eigenvalue weighted by Crippen LogP contribution is 2.40. The Bertz CT molecular complexity index is 337. The van der Waals surface area contributed by atoms with E-state index in [1.165, 1.54) is 12.8 Å². The zero-order chi connectivity index (χ0) is 12.3. The summed E-state index contributed by atoms with van der Waals surface area (Å²) < 4.78 is 0. The molecule has 0 unspecified atom stereocenters. The van der Waals surface area contributed by atoms with E-state index in [9.17, 15) is 4.79 Å². The van der Waals surface area contributed by atoms with Crippen molar-refractivity contribution in [3.05, 3.63) is 0 Å². The van der Waals surface area contributed by atoms with Crippen molar-refractivity contribution >= 4 is 5.91 Å². The third kappa shape index (κ3) is 2.63. The summed E-state index contributed by atoms with van der Waals surface area (Å²) in [5, 5.41) is 0. The summed E-state index contributed by atoms with van der Waals surface area (Å²) in [5.41, 5.74) is 0.445. The number of piperidine rings is 1. The van der Waals surface area contributed by atoms with E-state index in [0.717, 1.165) is 32.7 Å². The summed E-state index contributed by atoms with van der Waals surface area (Å²) in [7, 11) is 0. The Balaban J connectivity index is 1.76. The zero-order valence-corrected chi connectivity index (χ0v) is 11.0. The fourth-order valence-electron chi connectivity index (χ4n) is 2.86. The first kappa shape index (κ1) is 12.4. The summed E-state index contributed by atoms with van der Waals surface area (Å²) in [6.45, 7) is 9.01. The van der Waals surface area contributed by atoms with Crippen LogP contribution in [-0.4, -0.2) is 48.4 Å². The lowest BCUT2D eigenvalue weighted by Gasteiger charge is -2.53. The van der Waals surface area contributed by atoms with E-state index in [1.807, 2.05) is 18.7 Å². The second-order valence-corrected chi connectivity index (χ2v) is 5.31. The molecule has 0 N–H and O–H groups in total. The van der Waals surface area contributed by atoms with Gasteiger partial charge in [0.15, 0.2) is 0 Å². The van der Waals surface area contributed by atoms with Gasteiger partial charge in [0.1, 0.15) is 0 Å². The van der Waals surface area contributed by atoms with Gasteiger partial charge in [0.25, 0.3) is 0 Å². The van der Waals surface area contributed by atoms with Gasteiger partial charge in [-0.05, 0) is 32.9 Å². The fraction of sp³-hybridized carbons (Fsp3) is 0.786. The molecular weight excluding hydrogens is 212 g/mol. The van der Waals surface area contributed by atoms with Crippen LogP contribution in [0.5, 0.6) is 0 Å². The second kappa shape index (κ2) is 5.10. The fourth-order valence-corrected chi connectivity index (χ4v) is 2.86. The first-order valence-electron chi connectivity index (χ1n) is 6.59. The van der Waals surface area contributed by atoms with E-state index < -0.39 is 0 Å². The van der Waals surface area contributed by atoms with Gasteiger partial charge in [-0.15, -0.1) is 5.92 Å². The maximum Gasteiger partial charge on any atom is 0.222 e. The molecule has 2 aliphatic heterocycles. The standard InChI is InChI=1S/C14H22N2O/c1-3-5-8-15-9-6-14(7-10-15)11-16(12-14)13(17)4-2/h4,6-12H2,1-2H3. The van der Waals surface area contributed by atoms with Gasteiger partial charge in [-0.2, -0.15) is 0 Å². The molecule has 2 heterocycles. The summed E-state index contributed by atoms with van der Waals surface area (Å²) in [6.07, 6.45) is 3.10. The molecule has 2 fully saturated rings. The smallest absolute Gasteiger partial charge is 0.222 e. The summed E-state index contributed by atoms with van der Waals surface area (Å²) in [4.78, 5) is 16.0. The third-order valence-electron chi connectivity index (χ3n) is 4.10. The molecule has 0 aromatic heterocycles. The van der Waals surface area contributed by atoms with E-state index in [4.69, 9.17) is 0 Å². The van der Waals surface area contributed by atoms with Crippen molar-refractivity contribution in [2.45, 2.75) is 33.1 Å². The van der Waals surface area contributed by atoms with Gasteiger partial charge < -0.3 is 4.90 Å². The first-order valence-corrected chi connectivity index (χ1v) is 6.59. The van der Waals surface area contributed by atoms with Crippen LogP contribution in [0.3, 0.4) is 0 Å². The minimum Gasteiger partial charge on any atom is -0.341 e. The van der Waals surface area contributed by atoms with Crippen LogP contribution >= 0.6 is 0 Å². The summed E-state index contributed by atoms with van der Waals surface area (Å²) in [6, 6.07) is 0. The van der Waals surface area contributed by atoms with Crippen molar-refractivity contribution in [2.24, 2.45) is 5.41 Å². The quantitative estimate of drug-likeness (QED) is 0.673. The number of likely N-dealkylation sites (tertiary alicyclic amines) is 2. The van der Waals surface area contributed by atoms with Crippen LogP contribution in [0.25, 0.3) is 0 Å². The van der Waals surface area contributed by atoms with Crippen molar-refractivity contribution in [1.82, 2.24) is 9.80 Å². The maximum atomic E-state index is 11.5. The van der Waals surface area contributed by atoms with Crippen LogP contribution in [0.4, 0.5) is 0 Å². The molecule has 3 heteroatoms. The number of hydrogen-bond acceptors (Lipinski definition) is 2. The molecule has 0 aliphatic carbocycles. The Hall–Kier alpha value is -1.01. The molecule has 0 atom stereocenters. The van der Waals surface area contributed by atoms with Crippen molar-refractivity contribution in [3.8, 4) is 11.8 Å². The minimum absolute atomic E-state index is 0.315. The third-order valence-corrected chi connectivity index (χ3v) is 4.10. The zero-order valence-electron chi connectivity index (χ0n) is 11.0. The largest absolute Gasteiger partial charge is 0.341 e. The lowest BCUT2D eigenvalue weighted by Crippen LogP contribution is -2.61. The van der Waals surface area contributed by atoms with Crippen LogP contribution in [-0.2, 0) is 4.79 Å². The van der Waals surface area contributed by atoms with Crippen LogP contribution in [0.2, 0.25) is 0 Å². The Labute approximate surface area is 104 Å². The second-order valence-electron chi connectivity index (χ2n) is 5.31. The Kier molecular flexibility index (Phi) is 3.73. The van der Waals surface area contributed by atoms with Gasteiger partial charge in [-0.1, -0.05) is 12.8 Å². The molecule has 0 bridgehead atoms. The number of hydrogen-bond donors (Lipinski definition) is 0. The first-order chi connectivity index (χ1) is 8.19. The van der Waals surface area contributed by atoms with E-state index in [2.05, 4.69) is 16.7 Å². The highest BCUT2D eigenvalue weighted by Gasteiger charge is 2.45. The molecule has 0 aromatic rings. The number of carbonyl (C=O) groups is 1. The Morgan fingerprint density at radius 3 is 2.47 bits per heavy atom. The molecule has 3 nitrogen and oxygen atoms in total. The van der Waals surface area contributed by atoms with E-state index in [1.54, 1.807) is 0 Å².